The van der Waals surface area contributed by atoms with Crippen LogP contribution in [0.4, 0.5) is 14.5 Å². The molecule has 0 spiro atoms. The van der Waals surface area contributed by atoms with Gasteiger partial charge in [-0.15, -0.1) is 0 Å². The van der Waals surface area contributed by atoms with Crippen molar-refractivity contribution in [2.75, 3.05) is 11.4 Å². The van der Waals surface area contributed by atoms with Crippen LogP contribution in [-0.2, 0) is 9.59 Å². The number of nitrogens with zero attached hydrogens (tertiary/aromatic N) is 2. The van der Waals surface area contributed by atoms with E-state index in [1.54, 1.807) is 6.07 Å². The molecular formula is C22H18F2N2O3. The molecule has 2 aromatic carbocycles. The molecular weight excluding hydrogens is 378 g/mol. The number of halogens is 2. The number of imide groups is 1. The number of Topliss-reactive ketones (excluding diaryl/α,β-unsaturated/α-hetero) is 1. The van der Waals surface area contributed by atoms with E-state index in [2.05, 4.69) is 0 Å². The number of benzene rings is 2. The van der Waals surface area contributed by atoms with Gasteiger partial charge in [0.05, 0.1) is 23.6 Å². The lowest BCUT2D eigenvalue weighted by molar-refractivity contribution is -0.123. The van der Waals surface area contributed by atoms with Crippen molar-refractivity contribution in [3.8, 4) is 0 Å². The lowest BCUT2D eigenvalue weighted by Gasteiger charge is -2.27. The fraction of sp³-hybridized carbons (Fsp3) is 0.318. The second kappa shape index (κ2) is 6.56. The molecule has 0 bridgehead atoms. The van der Waals surface area contributed by atoms with Crippen LogP contribution in [0.3, 0.4) is 0 Å². The third-order valence-corrected chi connectivity index (χ3v) is 6.34. The summed E-state index contributed by atoms with van der Waals surface area (Å²) in [5.74, 6) is -3.93. The Hall–Kier alpha value is -2.93. The standard InChI is InChI=1S/C22H18F2N2O3/c23-13-9-7-12(8-10-13)20(27)19-18-17(16-6-3-11-25(16)19)21(28)26(22(18)29)15-5-2-1-4-14(15)24/h1-2,4-5,7-10,16-19H,3,6,11H2/t16-,17+,18-,19-/m0/s1. The molecule has 148 valence electrons. The van der Waals surface area contributed by atoms with Crippen LogP contribution in [0.1, 0.15) is 23.2 Å². The summed E-state index contributed by atoms with van der Waals surface area (Å²) in [5.41, 5.74) is 0.224. The molecule has 2 aromatic rings. The first-order chi connectivity index (χ1) is 14.0. The molecule has 3 fully saturated rings. The Bertz CT molecular complexity index is 1020. The molecule has 0 radical (unpaired) electrons. The fourth-order valence-electron chi connectivity index (χ4n) is 5.17. The van der Waals surface area contributed by atoms with Crippen LogP contribution in [0.15, 0.2) is 48.5 Å². The highest BCUT2D eigenvalue weighted by Gasteiger charge is 2.64. The van der Waals surface area contributed by atoms with Crippen molar-refractivity contribution >= 4 is 23.3 Å². The molecule has 0 N–H and O–H groups in total. The number of para-hydroxylation sites is 1. The first-order valence-electron chi connectivity index (χ1n) is 9.67. The van der Waals surface area contributed by atoms with Crippen LogP contribution >= 0.6 is 0 Å². The number of carbonyl (C=O) groups is 3. The number of fused-ring (bicyclic) bond motifs is 3. The molecule has 5 rings (SSSR count). The molecule has 7 heteroatoms. The molecule has 0 aromatic heterocycles. The molecule has 3 aliphatic rings. The van der Waals surface area contributed by atoms with Gasteiger partial charge < -0.3 is 0 Å². The topological polar surface area (TPSA) is 57.7 Å². The highest BCUT2D eigenvalue weighted by Crippen LogP contribution is 2.48. The van der Waals surface area contributed by atoms with Gasteiger partial charge in [-0.1, -0.05) is 12.1 Å². The summed E-state index contributed by atoms with van der Waals surface area (Å²) in [4.78, 5) is 42.6. The van der Waals surface area contributed by atoms with Crippen molar-refractivity contribution in [3.63, 3.8) is 0 Å². The Morgan fingerprint density at radius 2 is 1.62 bits per heavy atom. The summed E-state index contributed by atoms with van der Waals surface area (Å²) in [6, 6.07) is 9.83. The summed E-state index contributed by atoms with van der Waals surface area (Å²) >= 11 is 0. The zero-order valence-corrected chi connectivity index (χ0v) is 15.4. The zero-order chi connectivity index (χ0) is 20.3. The predicted octanol–water partition coefficient (Wildman–Crippen LogP) is 2.80. The largest absolute Gasteiger partial charge is 0.292 e. The van der Waals surface area contributed by atoms with Gasteiger partial charge in [-0.3, -0.25) is 19.3 Å². The van der Waals surface area contributed by atoms with Gasteiger partial charge in [0.15, 0.2) is 5.78 Å². The van der Waals surface area contributed by atoms with Crippen LogP contribution in [0.25, 0.3) is 0 Å². The zero-order valence-electron chi connectivity index (χ0n) is 15.4. The van der Waals surface area contributed by atoms with Crippen molar-refractivity contribution in [1.82, 2.24) is 4.90 Å². The summed E-state index contributed by atoms with van der Waals surface area (Å²) in [6.07, 6.45) is 1.53. The average molecular weight is 396 g/mol. The highest BCUT2D eigenvalue weighted by atomic mass is 19.1. The van der Waals surface area contributed by atoms with Gasteiger partial charge in [-0.2, -0.15) is 0 Å². The fourth-order valence-corrected chi connectivity index (χ4v) is 5.17. The Morgan fingerprint density at radius 1 is 0.931 bits per heavy atom. The minimum Gasteiger partial charge on any atom is -0.292 e. The molecule has 3 aliphatic heterocycles. The maximum Gasteiger partial charge on any atom is 0.239 e. The number of carbonyl (C=O) groups excluding carboxylic acids is 3. The van der Waals surface area contributed by atoms with Gasteiger partial charge in [0.1, 0.15) is 11.6 Å². The molecule has 5 nitrogen and oxygen atoms in total. The van der Waals surface area contributed by atoms with Crippen LogP contribution in [-0.4, -0.2) is 41.1 Å². The van der Waals surface area contributed by atoms with Gasteiger partial charge in [0.2, 0.25) is 11.8 Å². The molecule has 0 aliphatic carbocycles. The Balaban J connectivity index is 1.56. The van der Waals surface area contributed by atoms with Gasteiger partial charge in [0, 0.05) is 11.6 Å². The van der Waals surface area contributed by atoms with Crippen LogP contribution in [0.2, 0.25) is 0 Å². The number of rotatable bonds is 3. The third kappa shape index (κ3) is 2.57. The quantitative estimate of drug-likeness (QED) is 0.591. The second-order valence-corrected chi connectivity index (χ2v) is 7.78. The van der Waals surface area contributed by atoms with Crippen molar-refractivity contribution in [3.05, 3.63) is 65.7 Å². The average Bonchev–Trinajstić information content (AvgIpc) is 3.35. The molecule has 29 heavy (non-hydrogen) atoms. The van der Waals surface area contributed by atoms with Gasteiger partial charge >= 0.3 is 0 Å². The van der Waals surface area contributed by atoms with Gasteiger partial charge in [0.25, 0.3) is 0 Å². The van der Waals surface area contributed by atoms with Crippen molar-refractivity contribution in [1.29, 1.82) is 0 Å². The first kappa shape index (κ1) is 18.1. The van der Waals surface area contributed by atoms with Crippen LogP contribution < -0.4 is 4.90 Å². The lowest BCUT2D eigenvalue weighted by atomic mass is 9.85. The van der Waals surface area contributed by atoms with Crippen molar-refractivity contribution < 1.29 is 23.2 Å². The van der Waals surface area contributed by atoms with E-state index < -0.39 is 41.3 Å². The van der Waals surface area contributed by atoms with Crippen molar-refractivity contribution in [2.24, 2.45) is 11.8 Å². The maximum atomic E-state index is 14.3. The van der Waals surface area contributed by atoms with Gasteiger partial charge in [-0.05, 0) is 55.8 Å². The van der Waals surface area contributed by atoms with Crippen LogP contribution in [0, 0.1) is 23.5 Å². The van der Waals surface area contributed by atoms with E-state index in [1.165, 1.54) is 42.5 Å². The normalized spacial score (nSPS) is 28.7. The number of ketones is 1. The molecule has 0 unspecified atom stereocenters. The minimum atomic E-state index is -0.857. The highest BCUT2D eigenvalue weighted by molar-refractivity contribution is 6.24. The molecule has 2 amide bonds. The molecule has 0 saturated carbocycles. The Labute approximate surface area is 165 Å². The summed E-state index contributed by atoms with van der Waals surface area (Å²) in [7, 11) is 0. The van der Waals surface area contributed by atoms with Crippen LogP contribution in [0.5, 0.6) is 0 Å². The number of hydrogen-bond acceptors (Lipinski definition) is 4. The smallest absolute Gasteiger partial charge is 0.239 e. The number of amides is 2. The monoisotopic (exact) mass is 396 g/mol. The molecule has 3 heterocycles. The Kier molecular flexibility index (Phi) is 4.10. The lowest BCUT2D eigenvalue weighted by Crippen LogP contribution is -2.46. The summed E-state index contributed by atoms with van der Waals surface area (Å²) in [5, 5.41) is 0. The summed E-state index contributed by atoms with van der Waals surface area (Å²) in [6.45, 7) is 0.621. The number of hydrogen-bond donors (Lipinski definition) is 0. The molecule has 3 saturated heterocycles. The van der Waals surface area contributed by atoms with E-state index in [0.29, 0.717) is 18.5 Å². The van der Waals surface area contributed by atoms with E-state index in [9.17, 15) is 23.2 Å². The SMILES string of the molecule is O=C(c1ccc(F)cc1)[C@@H]1[C@H]2C(=O)N(c3ccccc3F)C(=O)[C@@H]2[C@@H]2CCCN12. The van der Waals surface area contributed by atoms with E-state index in [4.69, 9.17) is 0 Å². The van der Waals surface area contributed by atoms with Gasteiger partial charge in [-0.25, -0.2) is 13.7 Å². The van der Waals surface area contributed by atoms with Crippen molar-refractivity contribution in [2.45, 2.75) is 24.9 Å². The third-order valence-electron chi connectivity index (χ3n) is 6.34. The van der Waals surface area contributed by atoms with E-state index in [0.717, 1.165) is 11.3 Å². The maximum absolute atomic E-state index is 14.3. The number of anilines is 1. The predicted molar refractivity (Wildman–Crippen MR) is 100 cm³/mol. The van der Waals surface area contributed by atoms with E-state index >= 15 is 0 Å². The second-order valence-electron chi connectivity index (χ2n) is 7.78. The Morgan fingerprint density at radius 3 is 2.34 bits per heavy atom. The minimum absolute atomic E-state index is 0.0746. The van der Waals surface area contributed by atoms with E-state index in [1.807, 2.05) is 4.90 Å². The first-order valence-corrected chi connectivity index (χ1v) is 9.67. The molecule has 4 atom stereocenters. The van der Waals surface area contributed by atoms with E-state index in [-0.39, 0.29) is 17.5 Å². The summed E-state index contributed by atoms with van der Waals surface area (Å²) < 4.78 is 27.6.